The summed E-state index contributed by atoms with van der Waals surface area (Å²) in [5.41, 5.74) is 0.806. The second kappa shape index (κ2) is 9.07. The number of ether oxygens (including phenoxy) is 1. The Morgan fingerprint density at radius 1 is 1.48 bits per heavy atom. The molecule has 0 aliphatic heterocycles. The van der Waals surface area contributed by atoms with E-state index in [-0.39, 0.29) is 0 Å². The Morgan fingerprint density at radius 2 is 2.24 bits per heavy atom. The van der Waals surface area contributed by atoms with E-state index in [0.29, 0.717) is 17.9 Å². The van der Waals surface area contributed by atoms with Gasteiger partial charge in [-0.3, -0.25) is 4.79 Å². The second-order valence-corrected chi connectivity index (χ2v) is 5.28. The van der Waals surface area contributed by atoms with Gasteiger partial charge in [-0.15, -0.1) is 0 Å². The van der Waals surface area contributed by atoms with E-state index in [9.17, 15) is 9.59 Å². The normalized spacial score (nSPS) is 12.1. The summed E-state index contributed by atoms with van der Waals surface area (Å²) >= 11 is 1.54. The summed E-state index contributed by atoms with van der Waals surface area (Å²) < 4.78 is 5.09. The molecule has 0 radical (unpaired) electrons. The van der Waals surface area contributed by atoms with Gasteiger partial charge in [-0.25, -0.2) is 4.79 Å². The molecule has 0 aliphatic rings. The first-order valence-electron chi connectivity index (χ1n) is 6.41. The van der Waals surface area contributed by atoms with Gasteiger partial charge in [0.15, 0.2) is 0 Å². The molecule has 0 unspecified atom stereocenters. The molecular weight excluding hydrogens is 290 g/mol. The summed E-state index contributed by atoms with van der Waals surface area (Å²) in [5.74, 6) is -0.0731. The largest absolute Gasteiger partial charge is 0.497 e. The monoisotopic (exact) mass is 309 g/mol. The zero-order valence-corrected chi connectivity index (χ0v) is 12.9. The molecule has 21 heavy (non-hydrogen) atoms. The molecular formula is C15H19NO4S. The molecule has 2 N–H and O–H groups in total. The van der Waals surface area contributed by atoms with E-state index < -0.39 is 17.9 Å². The Balaban J connectivity index is 2.62. The molecule has 0 aromatic heterocycles. The molecule has 0 bridgehead atoms. The van der Waals surface area contributed by atoms with Crippen molar-refractivity contribution >= 4 is 29.7 Å². The first kappa shape index (κ1) is 17.1. The number of methoxy groups -OCH3 is 1. The fourth-order valence-corrected chi connectivity index (χ4v) is 2.10. The SMILES string of the molecule is COc1cccc(/C=C/C(=O)N[C@@H](CCSC)C(=O)O)c1. The highest BCUT2D eigenvalue weighted by molar-refractivity contribution is 7.98. The maximum Gasteiger partial charge on any atom is 0.326 e. The van der Waals surface area contributed by atoms with Gasteiger partial charge in [0.05, 0.1) is 7.11 Å². The van der Waals surface area contributed by atoms with Gasteiger partial charge in [-0.2, -0.15) is 11.8 Å². The number of carbonyl (C=O) groups excluding carboxylic acids is 1. The van der Waals surface area contributed by atoms with Crippen molar-refractivity contribution in [3.63, 3.8) is 0 Å². The van der Waals surface area contributed by atoms with E-state index in [1.54, 1.807) is 37.1 Å². The number of carboxylic acid groups (broad SMARTS) is 1. The van der Waals surface area contributed by atoms with Gasteiger partial charge in [-0.05, 0) is 42.2 Å². The molecule has 114 valence electrons. The van der Waals surface area contributed by atoms with Crippen LogP contribution in [-0.4, -0.2) is 42.1 Å². The fraction of sp³-hybridized carbons (Fsp3) is 0.333. The van der Waals surface area contributed by atoms with E-state index in [1.807, 2.05) is 18.4 Å². The van der Waals surface area contributed by atoms with Crippen molar-refractivity contribution in [2.45, 2.75) is 12.5 Å². The van der Waals surface area contributed by atoms with Crippen LogP contribution in [0.15, 0.2) is 30.3 Å². The second-order valence-electron chi connectivity index (χ2n) is 4.29. The molecule has 0 saturated carbocycles. The average molecular weight is 309 g/mol. The Labute approximate surface area is 128 Å². The number of hydrogen-bond donors (Lipinski definition) is 2. The third kappa shape index (κ3) is 6.35. The van der Waals surface area contributed by atoms with Crippen molar-refractivity contribution in [3.8, 4) is 5.75 Å². The van der Waals surface area contributed by atoms with Crippen LogP contribution in [0.3, 0.4) is 0 Å². The first-order valence-corrected chi connectivity index (χ1v) is 7.80. The first-order chi connectivity index (χ1) is 10.1. The molecule has 1 atom stereocenters. The average Bonchev–Trinajstić information content (AvgIpc) is 2.49. The molecule has 0 fully saturated rings. The number of carbonyl (C=O) groups is 2. The minimum absolute atomic E-state index is 0.398. The van der Waals surface area contributed by atoms with Crippen LogP contribution in [-0.2, 0) is 9.59 Å². The lowest BCUT2D eigenvalue weighted by Gasteiger charge is -2.12. The van der Waals surface area contributed by atoms with Crippen molar-refractivity contribution in [1.29, 1.82) is 0 Å². The van der Waals surface area contributed by atoms with Crippen LogP contribution in [0.2, 0.25) is 0 Å². The summed E-state index contributed by atoms with van der Waals surface area (Å²) in [6.45, 7) is 0. The van der Waals surface area contributed by atoms with Crippen LogP contribution in [0.1, 0.15) is 12.0 Å². The highest BCUT2D eigenvalue weighted by atomic mass is 32.2. The van der Waals surface area contributed by atoms with Crippen molar-refractivity contribution in [1.82, 2.24) is 5.32 Å². The Morgan fingerprint density at radius 3 is 2.86 bits per heavy atom. The van der Waals surface area contributed by atoms with E-state index >= 15 is 0 Å². The summed E-state index contributed by atoms with van der Waals surface area (Å²) in [4.78, 5) is 22.8. The molecule has 1 aromatic carbocycles. The minimum Gasteiger partial charge on any atom is -0.497 e. The lowest BCUT2D eigenvalue weighted by molar-refractivity contribution is -0.141. The van der Waals surface area contributed by atoms with E-state index in [2.05, 4.69) is 5.32 Å². The molecule has 5 nitrogen and oxygen atoms in total. The smallest absolute Gasteiger partial charge is 0.326 e. The third-order valence-corrected chi connectivity index (χ3v) is 3.39. The van der Waals surface area contributed by atoms with Crippen molar-refractivity contribution in [2.75, 3.05) is 19.1 Å². The van der Waals surface area contributed by atoms with Gasteiger partial charge in [0.25, 0.3) is 0 Å². The minimum atomic E-state index is -1.02. The third-order valence-electron chi connectivity index (χ3n) is 2.75. The highest BCUT2D eigenvalue weighted by Gasteiger charge is 2.17. The van der Waals surface area contributed by atoms with Gasteiger partial charge in [0.2, 0.25) is 5.91 Å². The number of rotatable bonds is 8. The number of benzene rings is 1. The molecule has 1 amide bonds. The molecule has 0 aliphatic carbocycles. The lowest BCUT2D eigenvalue weighted by atomic mass is 10.2. The summed E-state index contributed by atoms with van der Waals surface area (Å²) in [6.07, 6.45) is 5.23. The van der Waals surface area contributed by atoms with Gasteiger partial charge >= 0.3 is 5.97 Å². The summed E-state index contributed by atoms with van der Waals surface area (Å²) in [6, 6.07) is 6.37. The molecule has 1 rings (SSSR count). The predicted octanol–water partition coefficient (Wildman–Crippen LogP) is 2.03. The zero-order valence-electron chi connectivity index (χ0n) is 12.0. The standard InChI is InChI=1S/C15H19NO4S/c1-20-12-5-3-4-11(10-12)6-7-14(17)16-13(15(18)19)8-9-21-2/h3-7,10,13H,8-9H2,1-2H3,(H,16,17)(H,18,19)/b7-6+/t13-/m0/s1. The molecule has 0 heterocycles. The van der Waals surface area contributed by atoms with Gasteiger partial charge in [-0.1, -0.05) is 12.1 Å². The number of carboxylic acids is 1. The van der Waals surface area contributed by atoms with Gasteiger partial charge in [0.1, 0.15) is 11.8 Å². The van der Waals surface area contributed by atoms with Crippen LogP contribution < -0.4 is 10.1 Å². The molecule has 0 spiro atoms. The number of hydrogen-bond acceptors (Lipinski definition) is 4. The zero-order chi connectivity index (χ0) is 15.7. The Bertz CT molecular complexity index is 516. The highest BCUT2D eigenvalue weighted by Crippen LogP contribution is 2.13. The summed E-state index contributed by atoms with van der Waals surface area (Å²) in [5, 5.41) is 11.5. The van der Waals surface area contributed by atoms with E-state index in [0.717, 1.165) is 5.56 Å². The van der Waals surface area contributed by atoms with Crippen LogP contribution in [0.5, 0.6) is 5.75 Å². The van der Waals surface area contributed by atoms with Crippen LogP contribution >= 0.6 is 11.8 Å². The van der Waals surface area contributed by atoms with Crippen molar-refractivity contribution < 1.29 is 19.4 Å². The maximum absolute atomic E-state index is 11.7. The molecule has 0 saturated heterocycles. The number of nitrogens with one attached hydrogen (secondary N) is 1. The van der Waals surface area contributed by atoms with Crippen molar-refractivity contribution in [2.24, 2.45) is 0 Å². The number of thioether (sulfide) groups is 1. The Hall–Kier alpha value is -1.95. The quantitative estimate of drug-likeness (QED) is 0.719. The predicted molar refractivity (Wildman–Crippen MR) is 84.6 cm³/mol. The number of aliphatic carboxylic acids is 1. The van der Waals surface area contributed by atoms with Crippen LogP contribution in [0.25, 0.3) is 6.08 Å². The maximum atomic E-state index is 11.7. The lowest BCUT2D eigenvalue weighted by Crippen LogP contribution is -2.40. The topological polar surface area (TPSA) is 75.6 Å². The van der Waals surface area contributed by atoms with Crippen molar-refractivity contribution in [3.05, 3.63) is 35.9 Å². The Kier molecular flexibility index (Phi) is 7.39. The fourth-order valence-electron chi connectivity index (χ4n) is 1.63. The van der Waals surface area contributed by atoms with E-state index in [1.165, 1.54) is 6.08 Å². The van der Waals surface area contributed by atoms with Gasteiger partial charge < -0.3 is 15.2 Å². The number of amides is 1. The van der Waals surface area contributed by atoms with Crippen LogP contribution in [0, 0.1) is 0 Å². The van der Waals surface area contributed by atoms with Crippen LogP contribution in [0.4, 0.5) is 0 Å². The molecule has 1 aromatic rings. The van der Waals surface area contributed by atoms with E-state index in [4.69, 9.17) is 9.84 Å². The summed E-state index contributed by atoms with van der Waals surface area (Å²) in [7, 11) is 1.57. The molecule has 6 heteroatoms. The van der Waals surface area contributed by atoms with Gasteiger partial charge in [0, 0.05) is 6.08 Å².